The molecule has 0 spiro atoms. The fraction of sp³-hybridized carbons (Fsp3) is 0.278. The lowest BCUT2D eigenvalue weighted by Crippen LogP contribution is -2.87. The van der Waals surface area contributed by atoms with E-state index < -0.39 is 0 Å². The molecule has 0 fully saturated rings. The maximum atomic E-state index is 12.2. The van der Waals surface area contributed by atoms with Gasteiger partial charge in [-0.3, -0.25) is 4.79 Å². The van der Waals surface area contributed by atoms with Crippen LogP contribution >= 0.6 is 27.5 Å². The lowest BCUT2D eigenvalue weighted by atomic mass is 10.0. The van der Waals surface area contributed by atoms with Crippen LogP contribution in [0.2, 0.25) is 5.02 Å². The van der Waals surface area contributed by atoms with Gasteiger partial charge in [0.25, 0.3) is 5.91 Å². The van der Waals surface area contributed by atoms with Gasteiger partial charge in [-0.25, -0.2) is 0 Å². The van der Waals surface area contributed by atoms with E-state index in [0.717, 1.165) is 10.9 Å². The van der Waals surface area contributed by atoms with Crippen molar-refractivity contribution in [3.63, 3.8) is 0 Å². The molecule has 0 aliphatic rings. The van der Waals surface area contributed by atoms with Crippen LogP contribution in [0.15, 0.2) is 46.9 Å². The van der Waals surface area contributed by atoms with Crippen molar-refractivity contribution < 1.29 is 14.8 Å². The maximum Gasteiger partial charge on any atom is 0.279 e. The number of rotatable bonds is 7. The first-order valence-electron chi connectivity index (χ1n) is 7.75. The predicted molar refractivity (Wildman–Crippen MR) is 101 cm³/mol. The monoisotopic (exact) mass is 411 g/mol. The fourth-order valence-electron chi connectivity index (χ4n) is 2.48. The smallest absolute Gasteiger partial charge is 0.279 e. The molecular weight excluding hydrogens is 392 g/mol. The second-order valence-electron chi connectivity index (χ2n) is 5.40. The van der Waals surface area contributed by atoms with E-state index in [2.05, 4.69) is 40.3 Å². The van der Waals surface area contributed by atoms with E-state index in [9.17, 15) is 4.79 Å². The number of nitrogens with one attached hydrogen (secondary N) is 1. The molecule has 1 amide bonds. The standard InChI is InChI=1S/C18H20BrClN2O2/c1-3-15(12-4-6-13(19)7-5-12)21-11-18(23)22-16-10-14(20)8-9-17(16)24-2/h4-10,15,21H,3,11H2,1-2H3,(H,22,23)/p+1/t15-/m0/s1. The van der Waals surface area contributed by atoms with Gasteiger partial charge >= 0.3 is 0 Å². The first-order valence-corrected chi connectivity index (χ1v) is 8.92. The van der Waals surface area contributed by atoms with Crippen LogP contribution < -0.4 is 15.4 Å². The molecule has 0 aromatic heterocycles. The van der Waals surface area contributed by atoms with Crippen molar-refractivity contribution in [2.24, 2.45) is 0 Å². The van der Waals surface area contributed by atoms with Crippen molar-refractivity contribution in [2.45, 2.75) is 19.4 Å². The molecule has 2 rings (SSSR count). The zero-order chi connectivity index (χ0) is 17.5. The van der Waals surface area contributed by atoms with E-state index >= 15 is 0 Å². The molecule has 0 aliphatic heterocycles. The van der Waals surface area contributed by atoms with E-state index in [4.69, 9.17) is 16.3 Å². The molecule has 3 N–H and O–H groups in total. The first kappa shape index (κ1) is 18.8. The van der Waals surface area contributed by atoms with Crippen LogP contribution in [0.1, 0.15) is 24.9 Å². The Morgan fingerprint density at radius 3 is 2.62 bits per heavy atom. The molecule has 0 heterocycles. The molecule has 0 bridgehead atoms. The number of carbonyl (C=O) groups is 1. The summed E-state index contributed by atoms with van der Waals surface area (Å²) in [5.74, 6) is 0.499. The maximum absolute atomic E-state index is 12.2. The lowest BCUT2D eigenvalue weighted by Gasteiger charge is -2.15. The van der Waals surface area contributed by atoms with Gasteiger partial charge in [-0.15, -0.1) is 0 Å². The van der Waals surface area contributed by atoms with E-state index in [-0.39, 0.29) is 11.9 Å². The zero-order valence-corrected chi connectivity index (χ0v) is 16.0. The Bertz CT molecular complexity index is 692. The molecule has 24 heavy (non-hydrogen) atoms. The topological polar surface area (TPSA) is 54.9 Å². The van der Waals surface area contributed by atoms with Crippen LogP contribution in [0.25, 0.3) is 0 Å². The number of halogens is 2. The molecule has 0 aliphatic carbocycles. The Kier molecular flexibility index (Phi) is 7.09. The summed E-state index contributed by atoms with van der Waals surface area (Å²) >= 11 is 9.42. The Labute approximate surface area is 155 Å². The Morgan fingerprint density at radius 1 is 1.29 bits per heavy atom. The van der Waals surface area contributed by atoms with Gasteiger partial charge in [-0.2, -0.15) is 0 Å². The van der Waals surface area contributed by atoms with Gasteiger partial charge in [0.1, 0.15) is 11.8 Å². The molecule has 2 aromatic rings. The summed E-state index contributed by atoms with van der Waals surface area (Å²) < 4.78 is 6.29. The molecule has 6 heteroatoms. The van der Waals surface area contributed by atoms with Crippen LogP contribution in [0.4, 0.5) is 5.69 Å². The zero-order valence-electron chi connectivity index (χ0n) is 13.7. The summed E-state index contributed by atoms with van der Waals surface area (Å²) in [5, 5.41) is 5.44. The third-order valence-electron chi connectivity index (χ3n) is 3.76. The molecule has 0 saturated carbocycles. The summed E-state index contributed by atoms with van der Waals surface area (Å²) in [6, 6.07) is 13.6. The van der Waals surface area contributed by atoms with Crippen molar-refractivity contribution in [1.82, 2.24) is 0 Å². The van der Waals surface area contributed by atoms with Crippen LogP contribution in [0, 0.1) is 0 Å². The van der Waals surface area contributed by atoms with Gasteiger partial charge in [0.05, 0.1) is 12.8 Å². The first-order chi connectivity index (χ1) is 11.5. The fourth-order valence-corrected chi connectivity index (χ4v) is 2.91. The SMILES string of the molecule is CC[C@H]([NH2+]CC(=O)Nc1cc(Cl)ccc1OC)c1ccc(Br)cc1. The van der Waals surface area contributed by atoms with Gasteiger partial charge < -0.3 is 15.4 Å². The van der Waals surface area contributed by atoms with E-state index in [1.807, 2.05) is 17.4 Å². The molecule has 0 unspecified atom stereocenters. The Balaban J connectivity index is 1.97. The van der Waals surface area contributed by atoms with Crippen molar-refractivity contribution in [3.05, 3.63) is 57.5 Å². The number of nitrogens with two attached hydrogens (primary N) is 1. The lowest BCUT2D eigenvalue weighted by molar-refractivity contribution is -0.686. The largest absolute Gasteiger partial charge is 0.495 e. The number of anilines is 1. The number of ether oxygens (including phenoxy) is 1. The van der Waals surface area contributed by atoms with Crippen molar-refractivity contribution in [2.75, 3.05) is 19.0 Å². The second-order valence-corrected chi connectivity index (χ2v) is 6.75. The number of carbonyl (C=O) groups excluding carboxylic acids is 1. The predicted octanol–water partition coefficient (Wildman–Crippen LogP) is 3.76. The number of quaternary nitrogens is 1. The molecule has 1 atom stereocenters. The highest BCUT2D eigenvalue weighted by Crippen LogP contribution is 2.27. The van der Waals surface area contributed by atoms with E-state index in [0.29, 0.717) is 23.0 Å². The van der Waals surface area contributed by atoms with Crippen LogP contribution in [-0.2, 0) is 4.79 Å². The highest BCUT2D eigenvalue weighted by Gasteiger charge is 2.16. The van der Waals surface area contributed by atoms with Crippen LogP contribution in [0.5, 0.6) is 5.75 Å². The van der Waals surface area contributed by atoms with Crippen LogP contribution in [-0.4, -0.2) is 19.6 Å². The molecular formula is C18H21BrClN2O2+. The average Bonchev–Trinajstić information content (AvgIpc) is 2.57. The van der Waals surface area contributed by atoms with Gasteiger partial charge in [-0.1, -0.05) is 46.6 Å². The highest BCUT2D eigenvalue weighted by atomic mass is 79.9. The third-order valence-corrected chi connectivity index (χ3v) is 4.53. The molecule has 0 saturated heterocycles. The van der Waals surface area contributed by atoms with Gasteiger partial charge in [0.2, 0.25) is 0 Å². The summed E-state index contributed by atoms with van der Waals surface area (Å²) in [6.07, 6.45) is 0.940. The highest BCUT2D eigenvalue weighted by molar-refractivity contribution is 9.10. The van der Waals surface area contributed by atoms with Crippen molar-refractivity contribution in [1.29, 1.82) is 0 Å². The van der Waals surface area contributed by atoms with Crippen molar-refractivity contribution in [3.8, 4) is 5.75 Å². The summed E-state index contributed by atoms with van der Waals surface area (Å²) in [5.41, 5.74) is 1.79. The molecule has 128 valence electrons. The third kappa shape index (κ3) is 5.23. The van der Waals surface area contributed by atoms with Crippen molar-refractivity contribution >= 4 is 39.1 Å². The van der Waals surface area contributed by atoms with E-state index in [1.165, 1.54) is 5.56 Å². The quantitative estimate of drug-likeness (QED) is 0.727. The minimum absolute atomic E-state index is 0.0915. The van der Waals surface area contributed by atoms with Gasteiger partial charge in [0, 0.05) is 21.5 Å². The molecule has 4 nitrogen and oxygen atoms in total. The number of amides is 1. The van der Waals surface area contributed by atoms with Gasteiger partial charge in [0.15, 0.2) is 6.54 Å². The Morgan fingerprint density at radius 2 is 2.00 bits per heavy atom. The Hall–Kier alpha value is -1.56. The molecule has 0 radical (unpaired) electrons. The minimum Gasteiger partial charge on any atom is -0.495 e. The van der Waals surface area contributed by atoms with Crippen LogP contribution in [0.3, 0.4) is 0 Å². The normalized spacial score (nSPS) is 11.8. The summed E-state index contributed by atoms with van der Waals surface area (Å²) in [7, 11) is 1.56. The van der Waals surface area contributed by atoms with E-state index in [1.54, 1.807) is 25.3 Å². The number of hydrogen-bond acceptors (Lipinski definition) is 2. The van der Waals surface area contributed by atoms with Gasteiger partial charge in [-0.05, 0) is 30.3 Å². The summed E-state index contributed by atoms with van der Waals surface area (Å²) in [6.45, 7) is 2.44. The molecule has 2 aromatic carbocycles. The summed E-state index contributed by atoms with van der Waals surface area (Å²) in [4.78, 5) is 12.2. The average molecular weight is 413 g/mol. The second kappa shape index (κ2) is 9.06. The number of methoxy groups -OCH3 is 1. The number of hydrogen-bond donors (Lipinski definition) is 2. The minimum atomic E-state index is -0.0915. The number of benzene rings is 2.